The van der Waals surface area contributed by atoms with Gasteiger partial charge in [-0.1, -0.05) is 12.1 Å². The fourth-order valence-electron chi connectivity index (χ4n) is 2.59. The Labute approximate surface area is 175 Å². The molecule has 3 rings (SSSR count). The molecular formula is C21H22N4O4S. The normalized spacial score (nSPS) is 12.1. The number of hydrogen-bond donors (Lipinski definition) is 2. The summed E-state index contributed by atoms with van der Waals surface area (Å²) in [4.78, 5) is 20.2. The van der Waals surface area contributed by atoms with Crippen molar-refractivity contribution in [3.63, 3.8) is 0 Å². The monoisotopic (exact) mass is 426 g/mol. The van der Waals surface area contributed by atoms with E-state index in [9.17, 15) is 13.2 Å². The molecular weight excluding hydrogens is 404 g/mol. The van der Waals surface area contributed by atoms with Gasteiger partial charge in [-0.15, -0.1) is 0 Å². The van der Waals surface area contributed by atoms with Gasteiger partial charge in [0.05, 0.1) is 4.90 Å². The first kappa shape index (κ1) is 21.3. The maximum absolute atomic E-state index is 12.5. The van der Waals surface area contributed by atoms with Crippen LogP contribution < -0.4 is 14.8 Å². The van der Waals surface area contributed by atoms with Crippen molar-refractivity contribution in [2.24, 2.45) is 0 Å². The molecule has 0 aliphatic rings. The lowest BCUT2D eigenvalue weighted by Crippen LogP contribution is -2.30. The van der Waals surface area contributed by atoms with Crippen LogP contribution in [0.1, 0.15) is 18.1 Å². The first-order valence-corrected chi connectivity index (χ1v) is 10.7. The molecule has 0 saturated heterocycles. The lowest BCUT2D eigenvalue weighted by atomic mass is 10.1. The van der Waals surface area contributed by atoms with Crippen LogP contribution in [0.2, 0.25) is 0 Å². The third-order valence-electron chi connectivity index (χ3n) is 4.45. The van der Waals surface area contributed by atoms with Crippen LogP contribution in [-0.2, 0) is 14.8 Å². The molecule has 0 radical (unpaired) electrons. The number of amides is 1. The van der Waals surface area contributed by atoms with E-state index in [1.165, 1.54) is 36.7 Å². The summed E-state index contributed by atoms with van der Waals surface area (Å²) in [5, 5.41) is 2.72. The molecule has 0 spiro atoms. The maximum Gasteiger partial charge on any atom is 0.265 e. The Morgan fingerprint density at radius 3 is 2.33 bits per heavy atom. The van der Waals surface area contributed by atoms with Gasteiger partial charge in [-0.3, -0.25) is 4.79 Å². The van der Waals surface area contributed by atoms with Crippen molar-refractivity contribution >= 4 is 27.6 Å². The van der Waals surface area contributed by atoms with Crippen LogP contribution >= 0.6 is 0 Å². The van der Waals surface area contributed by atoms with Gasteiger partial charge in [0, 0.05) is 18.1 Å². The van der Waals surface area contributed by atoms with E-state index in [2.05, 4.69) is 20.0 Å². The lowest BCUT2D eigenvalue weighted by Gasteiger charge is -2.17. The number of carbonyl (C=O) groups excluding carboxylic acids is 1. The van der Waals surface area contributed by atoms with Gasteiger partial charge in [-0.25, -0.2) is 23.1 Å². The minimum Gasteiger partial charge on any atom is -0.481 e. The third kappa shape index (κ3) is 5.12. The summed E-state index contributed by atoms with van der Waals surface area (Å²) in [5.74, 6) is 0.280. The predicted molar refractivity (Wildman–Crippen MR) is 114 cm³/mol. The van der Waals surface area contributed by atoms with E-state index in [0.717, 1.165) is 11.1 Å². The van der Waals surface area contributed by atoms with Crippen LogP contribution in [0.15, 0.2) is 65.8 Å². The number of nitrogens with one attached hydrogen (secondary N) is 2. The average Bonchev–Trinajstić information content (AvgIpc) is 2.72. The zero-order chi connectivity index (χ0) is 21.7. The highest BCUT2D eigenvalue weighted by Gasteiger charge is 2.18. The van der Waals surface area contributed by atoms with E-state index < -0.39 is 16.1 Å². The van der Waals surface area contributed by atoms with E-state index in [4.69, 9.17) is 4.74 Å². The van der Waals surface area contributed by atoms with E-state index >= 15 is 0 Å². The number of ether oxygens (including phenoxy) is 1. The zero-order valence-electron chi connectivity index (χ0n) is 16.8. The van der Waals surface area contributed by atoms with Gasteiger partial charge in [0.2, 0.25) is 5.95 Å². The van der Waals surface area contributed by atoms with E-state index in [1.54, 1.807) is 13.0 Å². The summed E-state index contributed by atoms with van der Waals surface area (Å²) in [6, 6.07) is 13.0. The van der Waals surface area contributed by atoms with Gasteiger partial charge in [-0.2, -0.15) is 0 Å². The minimum absolute atomic E-state index is 0.0210. The second kappa shape index (κ2) is 8.91. The number of rotatable bonds is 7. The molecule has 0 saturated carbocycles. The van der Waals surface area contributed by atoms with Crippen molar-refractivity contribution in [2.45, 2.75) is 31.8 Å². The number of carbonyl (C=O) groups is 1. The van der Waals surface area contributed by atoms with Gasteiger partial charge in [0.1, 0.15) is 5.75 Å². The maximum atomic E-state index is 12.5. The summed E-state index contributed by atoms with van der Waals surface area (Å²) < 4.78 is 32.9. The molecule has 0 aliphatic heterocycles. The van der Waals surface area contributed by atoms with Crippen LogP contribution in [0.3, 0.4) is 0 Å². The summed E-state index contributed by atoms with van der Waals surface area (Å²) >= 11 is 0. The molecule has 1 amide bonds. The summed E-state index contributed by atoms with van der Waals surface area (Å²) in [5.41, 5.74) is 2.50. The molecule has 30 heavy (non-hydrogen) atoms. The number of benzene rings is 2. The molecule has 0 aliphatic carbocycles. The van der Waals surface area contributed by atoms with Crippen molar-refractivity contribution in [1.82, 2.24) is 9.97 Å². The van der Waals surface area contributed by atoms with Gasteiger partial charge in [-0.05, 0) is 68.3 Å². The van der Waals surface area contributed by atoms with E-state index in [-0.39, 0.29) is 16.8 Å². The Bertz CT molecular complexity index is 1130. The van der Waals surface area contributed by atoms with Crippen LogP contribution in [0.4, 0.5) is 11.6 Å². The van der Waals surface area contributed by atoms with Crippen molar-refractivity contribution in [3.8, 4) is 5.75 Å². The molecule has 2 N–H and O–H groups in total. The van der Waals surface area contributed by atoms with E-state index in [1.807, 2.05) is 32.0 Å². The second-order valence-corrected chi connectivity index (χ2v) is 8.33. The largest absolute Gasteiger partial charge is 0.481 e. The fraction of sp³-hybridized carbons (Fsp3) is 0.190. The highest BCUT2D eigenvalue weighted by Crippen LogP contribution is 2.22. The smallest absolute Gasteiger partial charge is 0.265 e. The topological polar surface area (TPSA) is 110 Å². The first-order valence-electron chi connectivity index (χ1n) is 9.20. The van der Waals surface area contributed by atoms with Gasteiger partial charge < -0.3 is 10.1 Å². The van der Waals surface area contributed by atoms with Crippen molar-refractivity contribution in [2.75, 3.05) is 10.0 Å². The fourth-order valence-corrected chi connectivity index (χ4v) is 3.55. The SMILES string of the molecule is Cc1cccc(O[C@@H](C)C(=O)Nc2ccc(S(=O)(=O)Nc3ncccn3)cc2)c1C. The number of nitrogens with zero attached hydrogens (tertiary/aromatic N) is 2. The Hall–Kier alpha value is -3.46. The highest BCUT2D eigenvalue weighted by atomic mass is 32.2. The Kier molecular flexibility index (Phi) is 6.31. The molecule has 3 aromatic rings. The Morgan fingerprint density at radius 1 is 1.00 bits per heavy atom. The molecule has 1 aromatic heterocycles. The van der Waals surface area contributed by atoms with Gasteiger partial charge in [0.15, 0.2) is 6.10 Å². The number of anilines is 2. The molecule has 8 nitrogen and oxygen atoms in total. The Balaban J connectivity index is 1.64. The Morgan fingerprint density at radius 2 is 1.67 bits per heavy atom. The number of aromatic nitrogens is 2. The lowest BCUT2D eigenvalue weighted by molar-refractivity contribution is -0.122. The average molecular weight is 426 g/mol. The summed E-state index contributed by atoms with van der Waals surface area (Å²) in [6.45, 7) is 5.56. The highest BCUT2D eigenvalue weighted by molar-refractivity contribution is 7.92. The summed E-state index contributed by atoms with van der Waals surface area (Å²) in [7, 11) is -3.84. The molecule has 156 valence electrons. The van der Waals surface area contributed by atoms with Crippen LogP contribution in [0.25, 0.3) is 0 Å². The van der Waals surface area contributed by atoms with Crippen LogP contribution in [-0.4, -0.2) is 30.4 Å². The molecule has 9 heteroatoms. The molecule has 1 atom stereocenters. The molecule has 1 heterocycles. The zero-order valence-corrected chi connectivity index (χ0v) is 17.6. The standard InChI is InChI=1S/C21H22N4O4S/c1-14-6-4-7-19(15(14)2)29-16(3)20(26)24-17-8-10-18(11-9-17)30(27,28)25-21-22-12-5-13-23-21/h4-13,16H,1-3H3,(H,24,26)(H,22,23,25)/t16-/m0/s1. The number of aryl methyl sites for hydroxylation is 1. The molecule has 0 unspecified atom stereocenters. The van der Waals surface area contributed by atoms with Crippen molar-refractivity contribution in [1.29, 1.82) is 0 Å². The van der Waals surface area contributed by atoms with Crippen molar-refractivity contribution in [3.05, 3.63) is 72.1 Å². The second-order valence-electron chi connectivity index (χ2n) is 6.65. The van der Waals surface area contributed by atoms with Gasteiger partial charge >= 0.3 is 0 Å². The number of hydrogen-bond acceptors (Lipinski definition) is 6. The first-order chi connectivity index (χ1) is 14.3. The van der Waals surface area contributed by atoms with Gasteiger partial charge in [0.25, 0.3) is 15.9 Å². The van der Waals surface area contributed by atoms with E-state index in [0.29, 0.717) is 11.4 Å². The van der Waals surface area contributed by atoms with Crippen molar-refractivity contribution < 1.29 is 17.9 Å². The van der Waals surface area contributed by atoms with Crippen LogP contribution in [0.5, 0.6) is 5.75 Å². The molecule has 0 fully saturated rings. The molecule has 2 aromatic carbocycles. The summed E-state index contributed by atoms with van der Waals surface area (Å²) in [6.07, 6.45) is 2.14. The molecule has 0 bridgehead atoms. The number of sulfonamides is 1. The quantitative estimate of drug-likeness (QED) is 0.600. The van der Waals surface area contributed by atoms with Crippen LogP contribution in [0, 0.1) is 13.8 Å². The minimum atomic E-state index is -3.84. The predicted octanol–water partition coefficient (Wildman–Crippen LogP) is 3.30. The third-order valence-corrected chi connectivity index (χ3v) is 5.80.